The SMILES string of the molecule is COc1cc(NC(=O)CSc2nnc(-c3ccc(Br)cc3)o2)cc(OC)c1. The van der Waals surface area contributed by atoms with Gasteiger partial charge in [0.15, 0.2) is 0 Å². The lowest BCUT2D eigenvalue weighted by atomic mass is 10.2. The van der Waals surface area contributed by atoms with Crippen LogP contribution in [0.5, 0.6) is 11.5 Å². The molecule has 0 fully saturated rings. The zero-order valence-corrected chi connectivity index (χ0v) is 17.0. The molecule has 9 heteroatoms. The van der Waals surface area contributed by atoms with Crippen LogP contribution in [-0.2, 0) is 4.79 Å². The number of hydrogen-bond acceptors (Lipinski definition) is 7. The average molecular weight is 450 g/mol. The van der Waals surface area contributed by atoms with Gasteiger partial charge in [-0.1, -0.05) is 27.7 Å². The Labute approximate surface area is 168 Å². The number of carbonyl (C=O) groups is 1. The van der Waals surface area contributed by atoms with Gasteiger partial charge < -0.3 is 19.2 Å². The van der Waals surface area contributed by atoms with E-state index in [9.17, 15) is 4.79 Å². The van der Waals surface area contributed by atoms with Crippen molar-refractivity contribution in [3.05, 3.63) is 46.9 Å². The normalized spacial score (nSPS) is 10.5. The molecule has 0 radical (unpaired) electrons. The molecule has 140 valence electrons. The highest BCUT2D eigenvalue weighted by molar-refractivity contribution is 9.10. The minimum Gasteiger partial charge on any atom is -0.497 e. The van der Waals surface area contributed by atoms with Crippen molar-refractivity contribution in [2.24, 2.45) is 0 Å². The Morgan fingerprint density at radius 1 is 1.11 bits per heavy atom. The molecule has 3 rings (SSSR count). The number of halogens is 1. The fourth-order valence-electron chi connectivity index (χ4n) is 2.18. The maximum absolute atomic E-state index is 12.2. The highest BCUT2D eigenvalue weighted by Gasteiger charge is 2.12. The molecule has 2 aromatic carbocycles. The first-order valence-electron chi connectivity index (χ1n) is 7.82. The predicted octanol–water partition coefficient (Wildman–Crippen LogP) is 4.25. The summed E-state index contributed by atoms with van der Waals surface area (Å²) in [5.74, 6) is 1.50. The van der Waals surface area contributed by atoms with E-state index in [2.05, 4.69) is 31.4 Å². The van der Waals surface area contributed by atoms with Crippen LogP contribution in [0, 0.1) is 0 Å². The number of carbonyl (C=O) groups excluding carboxylic acids is 1. The summed E-state index contributed by atoms with van der Waals surface area (Å²) < 4.78 is 16.9. The second kappa shape index (κ2) is 8.92. The van der Waals surface area contributed by atoms with Gasteiger partial charge in [-0.2, -0.15) is 0 Å². The van der Waals surface area contributed by atoms with Gasteiger partial charge in [-0.15, -0.1) is 10.2 Å². The lowest BCUT2D eigenvalue weighted by Crippen LogP contribution is -2.14. The molecule has 3 aromatic rings. The number of anilines is 1. The van der Waals surface area contributed by atoms with E-state index in [-0.39, 0.29) is 11.7 Å². The highest BCUT2D eigenvalue weighted by Crippen LogP contribution is 2.27. The van der Waals surface area contributed by atoms with E-state index in [1.807, 2.05) is 24.3 Å². The maximum Gasteiger partial charge on any atom is 0.277 e. The summed E-state index contributed by atoms with van der Waals surface area (Å²) in [4.78, 5) is 12.2. The molecule has 0 aliphatic carbocycles. The van der Waals surface area contributed by atoms with Crippen LogP contribution in [0.4, 0.5) is 5.69 Å². The zero-order chi connectivity index (χ0) is 19.2. The molecule has 0 aliphatic rings. The van der Waals surface area contributed by atoms with Crippen molar-refractivity contribution in [2.45, 2.75) is 5.22 Å². The predicted molar refractivity (Wildman–Crippen MR) is 106 cm³/mol. The van der Waals surface area contributed by atoms with Crippen molar-refractivity contribution < 1.29 is 18.7 Å². The summed E-state index contributed by atoms with van der Waals surface area (Å²) in [5.41, 5.74) is 1.39. The summed E-state index contributed by atoms with van der Waals surface area (Å²) in [6, 6.07) is 12.7. The Kier molecular flexibility index (Phi) is 6.36. The van der Waals surface area contributed by atoms with E-state index in [1.54, 1.807) is 32.4 Å². The lowest BCUT2D eigenvalue weighted by molar-refractivity contribution is -0.113. The van der Waals surface area contributed by atoms with Gasteiger partial charge >= 0.3 is 0 Å². The molecule has 0 aliphatic heterocycles. The number of thioether (sulfide) groups is 1. The second-order valence-corrected chi connectivity index (χ2v) is 7.16. The number of methoxy groups -OCH3 is 2. The molecule has 0 unspecified atom stereocenters. The van der Waals surface area contributed by atoms with Crippen molar-refractivity contribution in [3.8, 4) is 23.0 Å². The van der Waals surface area contributed by atoms with Gasteiger partial charge in [0.2, 0.25) is 11.8 Å². The van der Waals surface area contributed by atoms with Crippen LogP contribution >= 0.6 is 27.7 Å². The first kappa shape index (κ1) is 19.2. The van der Waals surface area contributed by atoms with Crippen LogP contribution in [0.3, 0.4) is 0 Å². The van der Waals surface area contributed by atoms with Crippen LogP contribution < -0.4 is 14.8 Å². The van der Waals surface area contributed by atoms with Gasteiger partial charge in [0.05, 0.1) is 20.0 Å². The molecule has 1 amide bonds. The fourth-order valence-corrected chi connectivity index (χ4v) is 3.01. The van der Waals surface area contributed by atoms with Gasteiger partial charge in [0, 0.05) is 33.9 Å². The number of hydrogen-bond donors (Lipinski definition) is 1. The third-order valence-electron chi connectivity index (χ3n) is 3.46. The standard InChI is InChI=1S/C18H16BrN3O4S/c1-24-14-7-13(8-15(9-14)25-2)20-16(23)10-27-18-22-21-17(26-18)11-3-5-12(19)6-4-11/h3-9H,10H2,1-2H3,(H,20,23). The molecule has 0 bridgehead atoms. The second-order valence-electron chi connectivity index (χ2n) is 5.32. The van der Waals surface area contributed by atoms with Gasteiger partial charge in [0.1, 0.15) is 11.5 Å². The van der Waals surface area contributed by atoms with E-state index in [0.29, 0.717) is 28.3 Å². The molecule has 1 aromatic heterocycles. The van der Waals surface area contributed by atoms with Crippen molar-refractivity contribution >= 4 is 39.3 Å². The van der Waals surface area contributed by atoms with Crippen molar-refractivity contribution in [2.75, 3.05) is 25.3 Å². The van der Waals surface area contributed by atoms with Crippen LogP contribution in [-0.4, -0.2) is 36.1 Å². The molecule has 0 saturated heterocycles. The largest absolute Gasteiger partial charge is 0.497 e. The summed E-state index contributed by atoms with van der Waals surface area (Å²) >= 11 is 4.54. The van der Waals surface area contributed by atoms with Crippen LogP contribution in [0.15, 0.2) is 56.6 Å². The van der Waals surface area contributed by atoms with Gasteiger partial charge in [-0.05, 0) is 24.3 Å². The molecule has 0 atom stereocenters. The van der Waals surface area contributed by atoms with Gasteiger partial charge in [-0.25, -0.2) is 0 Å². The molecule has 7 nitrogen and oxygen atoms in total. The van der Waals surface area contributed by atoms with Gasteiger partial charge in [-0.3, -0.25) is 4.79 Å². The van der Waals surface area contributed by atoms with E-state index >= 15 is 0 Å². The summed E-state index contributed by atoms with van der Waals surface area (Å²) in [6.45, 7) is 0. The van der Waals surface area contributed by atoms with E-state index in [4.69, 9.17) is 13.9 Å². The molecular weight excluding hydrogens is 434 g/mol. The van der Waals surface area contributed by atoms with Crippen molar-refractivity contribution in [3.63, 3.8) is 0 Å². The summed E-state index contributed by atoms with van der Waals surface area (Å²) in [6.07, 6.45) is 0. The van der Waals surface area contributed by atoms with E-state index in [0.717, 1.165) is 21.8 Å². The lowest BCUT2D eigenvalue weighted by Gasteiger charge is -2.09. The maximum atomic E-state index is 12.2. The molecule has 0 saturated carbocycles. The number of benzene rings is 2. The van der Waals surface area contributed by atoms with Gasteiger partial charge in [0.25, 0.3) is 5.22 Å². The first-order valence-corrected chi connectivity index (χ1v) is 9.60. The first-order chi connectivity index (χ1) is 13.1. The quantitative estimate of drug-likeness (QED) is 0.539. The topological polar surface area (TPSA) is 86.5 Å². The Bertz CT molecular complexity index is 908. The van der Waals surface area contributed by atoms with E-state index in [1.165, 1.54) is 0 Å². The summed E-state index contributed by atoms with van der Waals surface area (Å²) in [5, 5.41) is 11.1. The molecule has 0 spiro atoms. The highest BCUT2D eigenvalue weighted by atomic mass is 79.9. The van der Waals surface area contributed by atoms with Crippen LogP contribution in [0.1, 0.15) is 0 Å². The number of amides is 1. The number of aromatic nitrogens is 2. The monoisotopic (exact) mass is 449 g/mol. The number of nitrogens with zero attached hydrogens (tertiary/aromatic N) is 2. The number of ether oxygens (including phenoxy) is 2. The Hall–Kier alpha value is -2.52. The number of rotatable bonds is 7. The molecule has 27 heavy (non-hydrogen) atoms. The molecule has 1 N–H and O–H groups in total. The third kappa shape index (κ3) is 5.24. The van der Waals surface area contributed by atoms with Crippen LogP contribution in [0.2, 0.25) is 0 Å². The average Bonchev–Trinajstić information content (AvgIpc) is 3.15. The Balaban J connectivity index is 1.59. The number of nitrogens with one attached hydrogen (secondary N) is 1. The molecule has 1 heterocycles. The molecular formula is C18H16BrN3O4S. The van der Waals surface area contributed by atoms with Crippen molar-refractivity contribution in [1.29, 1.82) is 0 Å². The Morgan fingerprint density at radius 2 is 1.78 bits per heavy atom. The van der Waals surface area contributed by atoms with Crippen LogP contribution in [0.25, 0.3) is 11.5 Å². The fraction of sp³-hybridized carbons (Fsp3) is 0.167. The zero-order valence-electron chi connectivity index (χ0n) is 14.6. The van der Waals surface area contributed by atoms with E-state index < -0.39 is 0 Å². The third-order valence-corrected chi connectivity index (χ3v) is 4.81. The summed E-state index contributed by atoms with van der Waals surface area (Å²) in [7, 11) is 3.10. The smallest absolute Gasteiger partial charge is 0.277 e. The van der Waals surface area contributed by atoms with Crippen molar-refractivity contribution in [1.82, 2.24) is 10.2 Å². The minimum atomic E-state index is -0.210. The Morgan fingerprint density at radius 3 is 2.41 bits per heavy atom. The minimum absolute atomic E-state index is 0.126.